The van der Waals surface area contributed by atoms with Gasteiger partial charge in [-0.3, -0.25) is 0 Å². The molecule has 2 aromatic heterocycles. The molecule has 0 saturated carbocycles. The van der Waals surface area contributed by atoms with Gasteiger partial charge in [-0.05, 0) is 24.3 Å². The lowest BCUT2D eigenvalue weighted by Gasteiger charge is -1.96. The summed E-state index contributed by atoms with van der Waals surface area (Å²) in [4.78, 5) is 8.31. The first-order chi connectivity index (χ1) is 10.8. The van der Waals surface area contributed by atoms with Gasteiger partial charge >= 0.3 is 8.25 Å². The van der Waals surface area contributed by atoms with Gasteiger partial charge in [-0.25, -0.2) is 9.97 Å². The molecule has 0 radical (unpaired) electrons. The highest BCUT2D eigenvalue weighted by Crippen LogP contribution is 2.21. The molecule has 0 fully saturated rings. The largest absolute Gasteiger partial charge is 0.848 e. The van der Waals surface area contributed by atoms with Crippen molar-refractivity contribution >= 4 is 30.3 Å². The number of nitrogens with zero attached hydrogens (tertiary/aromatic N) is 4. The predicted octanol–water partition coefficient (Wildman–Crippen LogP) is 2.60. The van der Waals surface area contributed by atoms with Gasteiger partial charge in [0.25, 0.3) is 0 Å². The Hall–Kier alpha value is -2.92. The van der Waals surface area contributed by atoms with Crippen LogP contribution >= 0.6 is 8.25 Å². The van der Waals surface area contributed by atoms with Gasteiger partial charge in [0.2, 0.25) is 0 Å². The Balaban J connectivity index is 1.58. The van der Waals surface area contributed by atoms with Crippen LogP contribution in [-0.4, -0.2) is 19.4 Å². The van der Waals surface area contributed by atoms with Crippen LogP contribution in [0.4, 0.5) is 0 Å². The van der Waals surface area contributed by atoms with E-state index in [1.54, 1.807) is 0 Å². The Bertz CT molecular complexity index is 900. The summed E-state index contributed by atoms with van der Waals surface area (Å²) < 4.78 is 25.3. The lowest BCUT2D eigenvalue weighted by atomic mass is 10.3. The summed E-state index contributed by atoms with van der Waals surface area (Å²) in [6.45, 7) is 0. The highest BCUT2D eigenvalue weighted by Gasteiger charge is 2.27. The van der Waals surface area contributed by atoms with Crippen LogP contribution in [0.3, 0.4) is 0 Å². The Morgan fingerprint density at radius 1 is 0.773 bits per heavy atom. The fourth-order valence-corrected chi connectivity index (χ4v) is 2.74. The minimum Gasteiger partial charge on any atom is -0.233 e. The van der Waals surface area contributed by atoms with Crippen LogP contribution in [0.2, 0.25) is 0 Å². The minimum atomic E-state index is -2.43. The van der Waals surface area contributed by atoms with Crippen LogP contribution in [0.25, 0.3) is 22.1 Å². The number of rotatable bonds is 4. The number of para-hydroxylation sites is 4. The van der Waals surface area contributed by atoms with Gasteiger partial charge in [-0.1, -0.05) is 24.3 Å². The molecule has 0 N–H and O–H groups in total. The lowest BCUT2D eigenvalue weighted by Crippen LogP contribution is -2.09. The molecule has 7 nitrogen and oxygen atoms in total. The minimum absolute atomic E-state index is 0.713. The van der Waals surface area contributed by atoms with E-state index in [0.29, 0.717) is 11.0 Å². The van der Waals surface area contributed by atoms with Crippen molar-refractivity contribution in [2.24, 2.45) is 0 Å². The van der Waals surface area contributed by atoms with Crippen LogP contribution in [0.5, 0.6) is 0 Å². The van der Waals surface area contributed by atoms with Crippen LogP contribution in [-0.2, 0) is 4.57 Å². The molecule has 0 aliphatic rings. The van der Waals surface area contributed by atoms with Gasteiger partial charge in [0.15, 0.2) is 0 Å². The molecule has 0 atom stereocenters. The van der Waals surface area contributed by atoms with Crippen molar-refractivity contribution < 1.29 is 13.8 Å². The zero-order valence-electron chi connectivity index (χ0n) is 11.2. The third-order valence-corrected chi connectivity index (χ3v) is 3.77. The van der Waals surface area contributed by atoms with Gasteiger partial charge in [-0.2, -0.15) is 0 Å². The number of aromatic nitrogens is 4. The molecular formula is C14H10N4O3P+. The van der Waals surface area contributed by atoms with Crippen molar-refractivity contribution in [3.8, 4) is 0 Å². The van der Waals surface area contributed by atoms with Crippen molar-refractivity contribution in [1.29, 1.82) is 0 Å². The van der Waals surface area contributed by atoms with Crippen molar-refractivity contribution in [3.05, 3.63) is 61.2 Å². The van der Waals surface area contributed by atoms with Crippen LogP contribution in [0.1, 0.15) is 0 Å². The highest BCUT2D eigenvalue weighted by molar-refractivity contribution is 7.33. The summed E-state index contributed by atoms with van der Waals surface area (Å²) in [5.74, 6) is 0. The molecule has 2 heterocycles. The van der Waals surface area contributed by atoms with Crippen LogP contribution in [0, 0.1) is 0 Å². The average molecular weight is 313 g/mol. The first-order valence-electron chi connectivity index (χ1n) is 6.49. The quantitative estimate of drug-likeness (QED) is 0.542. The first kappa shape index (κ1) is 12.8. The number of hydrogen-bond acceptors (Lipinski definition) is 5. The molecular weight excluding hydrogens is 303 g/mol. The fourth-order valence-electron chi connectivity index (χ4n) is 2.16. The van der Waals surface area contributed by atoms with Gasteiger partial charge in [0.05, 0.1) is 11.0 Å². The van der Waals surface area contributed by atoms with E-state index in [1.807, 2.05) is 48.5 Å². The zero-order valence-corrected chi connectivity index (χ0v) is 12.1. The van der Waals surface area contributed by atoms with E-state index in [-0.39, 0.29) is 0 Å². The van der Waals surface area contributed by atoms with Crippen molar-refractivity contribution in [2.75, 3.05) is 0 Å². The smallest absolute Gasteiger partial charge is 0.233 e. The Labute approximate surface area is 125 Å². The number of hydrogen-bond donors (Lipinski definition) is 0. The molecule has 0 spiro atoms. The van der Waals surface area contributed by atoms with Crippen LogP contribution in [0.15, 0.2) is 61.2 Å². The topological polar surface area (TPSA) is 71.2 Å². The Morgan fingerprint density at radius 3 is 1.73 bits per heavy atom. The molecule has 8 heteroatoms. The van der Waals surface area contributed by atoms with Gasteiger partial charge in [0.1, 0.15) is 23.7 Å². The second-order valence-electron chi connectivity index (χ2n) is 4.51. The van der Waals surface area contributed by atoms with Gasteiger partial charge in [-0.15, -0.1) is 18.7 Å². The van der Waals surface area contributed by atoms with Crippen molar-refractivity contribution in [3.63, 3.8) is 0 Å². The van der Waals surface area contributed by atoms with Gasteiger partial charge < -0.3 is 0 Å². The molecule has 0 unspecified atom stereocenters. The summed E-state index contributed by atoms with van der Waals surface area (Å²) in [5, 5.41) is 0. The van der Waals surface area contributed by atoms with Crippen molar-refractivity contribution in [2.45, 2.75) is 0 Å². The Morgan fingerprint density at radius 2 is 1.23 bits per heavy atom. The van der Waals surface area contributed by atoms with E-state index < -0.39 is 8.25 Å². The molecule has 0 bridgehead atoms. The van der Waals surface area contributed by atoms with E-state index in [9.17, 15) is 4.57 Å². The maximum absolute atomic E-state index is 12.1. The normalized spacial score (nSPS) is 10.9. The predicted molar refractivity (Wildman–Crippen MR) is 80.2 cm³/mol. The molecule has 108 valence electrons. The molecule has 0 aliphatic carbocycles. The van der Waals surface area contributed by atoms with E-state index in [1.165, 1.54) is 22.1 Å². The second-order valence-corrected chi connectivity index (χ2v) is 5.28. The molecule has 4 rings (SSSR count). The maximum Gasteiger partial charge on any atom is 0.848 e. The summed E-state index contributed by atoms with van der Waals surface area (Å²) in [5.41, 5.74) is 2.92. The number of fused-ring (bicyclic) bond motifs is 2. The zero-order chi connectivity index (χ0) is 14.9. The third kappa shape index (κ3) is 2.17. The van der Waals surface area contributed by atoms with Gasteiger partial charge in [0, 0.05) is 4.57 Å². The van der Waals surface area contributed by atoms with Crippen molar-refractivity contribution in [1.82, 2.24) is 19.4 Å². The monoisotopic (exact) mass is 313 g/mol. The SMILES string of the molecule is O=[P+](On1cnc2ccccc21)On1cnc2ccccc21. The molecule has 0 saturated heterocycles. The van der Waals surface area contributed by atoms with E-state index in [2.05, 4.69) is 9.97 Å². The molecule has 2 aromatic carbocycles. The summed E-state index contributed by atoms with van der Waals surface area (Å²) in [7, 11) is -2.43. The average Bonchev–Trinajstić information content (AvgIpc) is 3.13. The van der Waals surface area contributed by atoms with Crippen LogP contribution < -0.4 is 9.25 Å². The first-order valence-corrected chi connectivity index (χ1v) is 7.59. The number of benzene rings is 2. The lowest BCUT2D eigenvalue weighted by molar-refractivity contribution is 0.203. The molecule has 22 heavy (non-hydrogen) atoms. The highest BCUT2D eigenvalue weighted by atomic mass is 31.1. The second kappa shape index (κ2) is 5.13. The van der Waals surface area contributed by atoms with E-state index in [4.69, 9.17) is 9.25 Å². The molecule has 0 aliphatic heterocycles. The molecule has 0 amide bonds. The Kier molecular flexibility index (Phi) is 2.98. The van der Waals surface area contributed by atoms with E-state index in [0.717, 1.165) is 11.0 Å². The maximum atomic E-state index is 12.1. The van der Waals surface area contributed by atoms with E-state index >= 15 is 0 Å². The third-order valence-electron chi connectivity index (χ3n) is 3.15. The number of imidazole rings is 2. The summed E-state index contributed by atoms with van der Waals surface area (Å²) in [6.07, 6.45) is 2.90. The summed E-state index contributed by atoms with van der Waals surface area (Å²) in [6, 6.07) is 14.7. The summed E-state index contributed by atoms with van der Waals surface area (Å²) >= 11 is 0. The standard InChI is InChI=1S/C14H10N4O3P/c19-22(20-17-9-15-11-5-1-3-7-13(11)17)21-18-10-16-12-6-2-4-8-14(12)18/h1-10H/q+1. The fraction of sp³-hybridized carbons (Fsp3) is 0. The molecule has 4 aromatic rings.